The van der Waals surface area contributed by atoms with Gasteiger partial charge in [0.15, 0.2) is 0 Å². The summed E-state index contributed by atoms with van der Waals surface area (Å²) in [7, 11) is 1.50. The molecule has 0 saturated heterocycles. The van der Waals surface area contributed by atoms with Crippen LogP contribution >= 0.6 is 0 Å². The van der Waals surface area contributed by atoms with Gasteiger partial charge in [-0.3, -0.25) is 4.40 Å². The maximum atomic E-state index is 15.2. The smallest absolute Gasteiger partial charge is 0.234 e. The zero-order valence-corrected chi connectivity index (χ0v) is 19.3. The number of rotatable bonds is 4. The van der Waals surface area contributed by atoms with Crippen LogP contribution in [-0.2, 0) is 0 Å². The van der Waals surface area contributed by atoms with Gasteiger partial charge in [0, 0.05) is 35.6 Å². The Hall–Kier alpha value is -3.59. The van der Waals surface area contributed by atoms with Crippen LogP contribution in [0.5, 0.6) is 5.75 Å². The minimum atomic E-state index is -0.477. The van der Waals surface area contributed by atoms with E-state index in [9.17, 15) is 0 Å². The van der Waals surface area contributed by atoms with Gasteiger partial charge >= 0.3 is 0 Å². The quantitative estimate of drug-likeness (QED) is 0.508. The van der Waals surface area contributed by atoms with Crippen LogP contribution in [0.25, 0.3) is 28.3 Å². The third-order valence-electron chi connectivity index (χ3n) is 5.65. The number of nitrogens with one attached hydrogen (secondary N) is 1. The van der Waals surface area contributed by atoms with Crippen molar-refractivity contribution in [2.45, 2.75) is 45.2 Å². The Balaban J connectivity index is 1.57. The van der Waals surface area contributed by atoms with Crippen LogP contribution in [0.2, 0.25) is 0 Å². The van der Waals surface area contributed by atoms with Crippen molar-refractivity contribution in [2.75, 3.05) is 7.11 Å². The van der Waals surface area contributed by atoms with E-state index >= 15 is 4.39 Å². The Morgan fingerprint density at radius 3 is 2.48 bits per heavy atom. The number of methoxy groups -OCH3 is 1. The second kappa shape index (κ2) is 7.48. The van der Waals surface area contributed by atoms with E-state index in [1.54, 1.807) is 16.7 Å². The molecule has 0 saturated carbocycles. The van der Waals surface area contributed by atoms with Crippen molar-refractivity contribution in [2.24, 2.45) is 0 Å². The number of halogens is 1. The average molecular weight is 448 g/mol. The summed E-state index contributed by atoms with van der Waals surface area (Å²) in [5, 5.41) is 11.8. The first-order valence-electron chi connectivity index (χ1n) is 10.8. The highest BCUT2D eigenvalue weighted by molar-refractivity contribution is 5.72. The molecular formula is C24H26FN7O. The fourth-order valence-electron chi connectivity index (χ4n) is 4.69. The summed E-state index contributed by atoms with van der Waals surface area (Å²) in [6.07, 6.45) is 9.78. The summed E-state index contributed by atoms with van der Waals surface area (Å²) in [5.41, 5.74) is 3.00. The highest BCUT2D eigenvalue weighted by Crippen LogP contribution is 2.35. The van der Waals surface area contributed by atoms with E-state index in [4.69, 9.17) is 9.72 Å². The predicted octanol–water partition coefficient (Wildman–Crippen LogP) is 4.06. The van der Waals surface area contributed by atoms with Crippen molar-refractivity contribution in [1.82, 2.24) is 34.7 Å². The maximum absolute atomic E-state index is 15.2. The molecule has 4 aromatic rings. The standard InChI is InChI=1S/C24H26FN7O/c1-23(2)12-15(13-24(3,4)30-23)18-6-9-31-14-19(29-22(31)28-18)21-17(25)10-16(11-20(21)33-5)32-26-7-8-27-32/h6-12,14,30H,13H2,1-5H3. The van der Waals surface area contributed by atoms with Crippen molar-refractivity contribution in [3.63, 3.8) is 0 Å². The summed E-state index contributed by atoms with van der Waals surface area (Å²) in [6.45, 7) is 8.67. The zero-order valence-electron chi connectivity index (χ0n) is 19.3. The zero-order chi connectivity index (χ0) is 23.4. The lowest BCUT2D eigenvalue weighted by Gasteiger charge is -2.41. The van der Waals surface area contributed by atoms with Crippen LogP contribution in [0.4, 0.5) is 4.39 Å². The van der Waals surface area contributed by atoms with Gasteiger partial charge in [-0.2, -0.15) is 15.0 Å². The number of imidazole rings is 1. The van der Waals surface area contributed by atoms with Crippen molar-refractivity contribution in [3.8, 4) is 22.7 Å². The van der Waals surface area contributed by atoms with Crippen molar-refractivity contribution < 1.29 is 9.13 Å². The Morgan fingerprint density at radius 2 is 1.79 bits per heavy atom. The van der Waals surface area contributed by atoms with Crippen LogP contribution < -0.4 is 10.1 Å². The van der Waals surface area contributed by atoms with E-state index in [0.29, 0.717) is 22.9 Å². The van der Waals surface area contributed by atoms with Crippen LogP contribution in [0.1, 0.15) is 39.8 Å². The molecule has 0 aliphatic carbocycles. The van der Waals surface area contributed by atoms with Crippen molar-refractivity contribution >= 4 is 11.4 Å². The molecule has 5 rings (SSSR count). The summed E-state index contributed by atoms with van der Waals surface area (Å²) < 4.78 is 22.5. The molecule has 9 heteroatoms. The van der Waals surface area contributed by atoms with Gasteiger partial charge in [0.2, 0.25) is 5.78 Å². The number of hydrogen-bond donors (Lipinski definition) is 1. The molecule has 0 amide bonds. The topological polar surface area (TPSA) is 82.2 Å². The SMILES string of the molecule is COc1cc(-n2nccn2)cc(F)c1-c1cn2ccc(C3=CC(C)(C)NC(C)(C)C3)nc2n1. The van der Waals surface area contributed by atoms with Gasteiger partial charge in [0.1, 0.15) is 11.6 Å². The third-order valence-corrected chi connectivity index (χ3v) is 5.65. The minimum Gasteiger partial charge on any atom is -0.496 e. The van der Waals surface area contributed by atoms with Gasteiger partial charge in [-0.15, -0.1) is 0 Å². The number of hydrogen-bond acceptors (Lipinski definition) is 6. The van der Waals surface area contributed by atoms with Crippen molar-refractivity contribution in [3.05, 3.63) is 60.6 Å². The second-order valence-corrected chi connectivity index (χ2v) is 9.55. The number of ether oxygens (including phenoxy) is 1. The van der Waals surface area contributed by atoms with Crippen LogP contribution in [0.3, 0.4) is 0 Å². The lowest BCUT2D eigenvalue weighted by atomic mass is 9.82. The number of benzene rings is 1. The van der Waals surface area contributed by atoms with Gasteiger partial charge < -0.3 is 10.1 Å². The molecule has 0 fully saturated rings. The summed E-state index contributed by atoms with van der Waals surface area (Å²) in [6, 6.07) is 5.03. The molecule has 0 unspecified atom stereocenters. The van der Waals surface area contributed by atoms with Crippen molar-refractivity contribution in [1.29, 1.82) is 0 Å². The molecular weight excluding hydrogens is 421 g/mol. The molecule has 0 atom stereocenters. The fourth-order valence-corrected chi connectivity index (χ4v) is 4.69. The summed E-state index contributed by atoms with van der Waals surface area (Å²) >= 11 is 0. The van der Waals surface area contributed by atoms with E-state index in [1.807, 2.05) is 12.3 Å². The van der Waals surface area contributed by atoms with Gasteiger partial charge in [-0.25, -0.2) is 14.4 Å². The number of nitrogens with zero attached hydrogens (tertiary/aromatic N) is 6. The number of aromatic nitrogens is 6. The summed E-state index contributed by atoms with van der Waals surface area (Å²) in [4.78, 5) is 10.7. The van der Waals surface area contributed by atoms with Gasteiger partial charge in [-0.1, -0.05) is 6.08 Å². The van der Waals surface area contributed by atoms with Gasteiger partial charge in [0.25, 0.3) is 0 Å². The van der Waals surface area contributed by atoms with E-state index < -0.39 is 5.82 Å². The molecule has 1 aromatic carbocycles. The molecule has 0 radical (unpaired) electrons. The van der Waals surface area contributed by atoms with Crippen LogP contribution in [-0.4, -0.2) is 47.6 Å². The Morgan fingerprint density at radius 1 is 1.06 bits per heavy atom. The third kappa shape index (κ3) is 4.00. The van der Waals surface area contributed by atoms with Crippen LogP contribution in [0, 0.1) is 5.82 Å². The molecule has 33 heavy (non-hydrogen) atoms. The molecule has 4 heterocycles. The Labute approximate surface area is 191 Å². The molecule has 1 aliphatic heterocycles. The predicted molar refractivity (Wildman–Crippen MR) is 124 cm³/mol. The van der Waals surface area contributed by atoms with E-state index in [0.717, 1.165) is 17.7 Å². The minimum absolute atomic E-state index is 0.0519. The maximum Gasteiger partial charge on any atom is 0.234 e. The summed E-state index contributed by atoms with van der Waals surface area (Å²) in [5.74, 6) is 0.363. The highest BCUT2D eigenvalue weighted by Gasteiger charge is 2.33. The lowest BCUT2D eigenvalue weighted by Crippen LogP contribution is -2.53. The first kappa shape index (κ1) is 21.3. The highest BCUT2D eigenvalue weighted by atomic mass is 19.1. The molecule has 1 N–H and O–H groups in total. The first-order chi connectivity index (χ1) is 15.6. The first-order valence-corrected chi connectivity index (χ1v) is 10.8. The normalized spacial score (nSPS) is 17.2. The lowest BCUT2D eigenvalue weighted by molar-refractivity contribution is 0.297. The van der Waals surface area contributed by atoms with Crippen LogP contribution in [0.15, 0.2) is 49.1 Å². The number of fused-ring (bicyclic) bond motifs is 1. The Bertz CT molecular complexity index is 1370. The molecule has 3 aromatic heterocycles. The molecule has 8 nitrogen and oxygen atoms in total. The average Bonchev–Trinajstić information content (AvgIpc) is 3.40. The fraction of sp³-hybridized carbons (Fsp3) is 0.333. The van der Waals surface area contributed by atoms with E-state index in [-0.39, 0.29) is 16.6 Å². The molecule has 0 bridgehead atoms. The second-order valence-electron chi connectivity index (χ2n) is 9.55. The Kier molecular flexibility index (Phi) is 4.82. The molecule has 170 valence electrons. The molecule has 1 aliphatic rings. The monoisotopic (exact) mass is 447 g/mol. The van der Waals surface area contributed by atoms with Gasteiger partial charge in [-0.05, 0) is 45.8 Å². The van der Waals surface area contributed by atoms with E-state index in [2.05, 4.69) is 54.3 Å². The molecule has 0 spiro atoms. The van der Waals surface area contributed by atoms with Gasteiger partial charge in [0.05, 0.1) is 42.1 Å². The largest absolute Gasteiger partial charge is 0.496 e. The van der Waals surface area contributed by atoms with E-state index in [1.165, 1.54) is 30.4 Å².